The zero-order valence-corrected chi connectivity index (χ0v) is 7.22. The summed E-state index contributed by atoms with van der Waals surface area (Å²) in [6.07, 6.45) is 8.13. The molecule has 0 N–H and O–H groups in total. The Balaban J connectivity index is 1.81. The molecule has 0 aromatic heterocycles. The van der Waals surface area contributed by atoms with Crippen molar-refractivity contribution in [3.05, 3.63) is 12.2 Å². The second-order valence-corrected chi connectivity index (χ2v) is 4.08. The van der Waals surface area contributed by atoms with Crippen molar-refractivity contribution >= 4 is 10.0 Å². The van der Waals surface area contributed by atoms with Gasteiger partial charge < -0.3 is 0 Å². The number of rotatable bonds is 3. The quantitative estimate of drug-likeness (QED) is 0.430. The molecule has 3 atom stereocenters. The molecule has 56 valence electrons. The first-order chi connectivity index (χ1) is 6.04. The highest BCUT2D eigenvalue weighted by Crippen LogP contribution is 2.45. The molecule has 1 fully saturated rings. The van der Waals surface area contributed by atoms with Gasteiger partial charge in [0.1, 0.15) is 0 Å². The van der Waals surface area contributed by atoms with Crippen LogP contribution >= 0.6 is 0 Å². The minimum absolute atomic E-state index is 0.536. The molecule has 0 amide bonds. The third-order valence-electron chi connectivity index (χ3n) is 2.93. The highest BCUT2D eigenvalue weighted by Gasteiger charge is 2.34. The van der Waals surface area contributed by atoms with Crippen molar-refractivity contribution in [2.75, 3.05) is 0 Å². The molecule has 0 aromatic rings. The van der Waals surface area contributed by atoms with Gasteiger partial charge in [0.25, 0.3) is 0 Å². The Bertz CT molecular complexity index is 221. The van der Waals surface area contributed by atoms with E-state index in [1.807, 2.05) is 0 Å². The average Bonchev–Trinajstić information content (AvgIpc) is 2.58. The van der Waals surface area contributed by atoms with Gasteiger partial charge >= 0.3 is 0 Å². The van der Waals surface area contributed by atoms with E-state index in [1.54, 1.807) is 0 Å². The van der Waals surface area contributed by atoms with Crippen LogP contribution in [0.1, 0.15) is 19.3 Å². The molecule has 3 unspecified atom stereocenters. The van der Waals surface area contributed by atoms with Crippen molar-refractivity contribution in [3.63, 3.8) is 0 Å². The fourth-order valence-electron chi connectivity index (χ4n) is 2.41. The molecule has 0 radical (unpaired) electrons. The predicted octanol–water partition coefficient (Wildman–Crippen LogP) is 1.37. The third kappa shape index (κ3) is 0.967. The topological polar surface area (TPSA) is 0 Å². The van der Waals surface area contributed by atoms with E-state index < -0.39 is 10.0 Å². The smallest absolute Gasteiger partial charge is 0.00729 e. The number of hydrogen-bond donors (Lipinski definition) is 0. The predicted molar refractivity (Wildman–Crippen MR) is 48.2 cm³/mol. The van der Waals surface area contributed by atoms with Crippen LogP contribution in [0, 0.1) is 17.8 Å². The third-order valence-corrected chi connectivity index (χ3v) is 3.22. The van der Waals surface area contributed by atoms with Crippen molar-refractivity contribution in [2.45, 2.75) is 25.3 Å². The molecule has 0 heterocycles. The van der Waals surface area contributed by atoms with Gasteiger partial charge in [-0.25, -0.2) is 0 Å². The van der Waals surface area contributed by atoms with Gasteiger partial charge in [-0.05, 0) is 30.6 Å². The van der Waals surface area contributed by atoms with Crippen molar-refractivity contribution in [1.29, 1.82) is 3.70 Å². The maximum absolute atomic E-state index is 7.28. The van der Waals surface area contributed by atoms with Gasteiger partial charge in [0, 0.05) is 13.7 Å². The molecule has 10 heavy (non-hydrogen) atoms. The van der Waals surface area contributed by atoms with Crippen LogP contribution in [-0.2, 0) is 0 Å². The van der Waals surface area contributed by atoms with Crippen LogP contribution in [0.4, 0.5) is 0 Å². The number of fused-ring (bicyclic) bond motifs is 2. The Morgan fingerprint density at radius 2 is 2.50 bits per heavy atom. The molecule has 2 aliphatic carbocycles. The summed E-state index contributed by atoms with van der Waals surface area (Å²) in [7, 11) is -3.03. The Hall–Kier alpha value is -0.0431. The van der Waals surface area contributed by atoms with E-state index in [1.165, 1.54) is 12.8 Å². The zero-order chi connectivity index (χ0) is 9.47. The van der Waals surface area contributed by atoms with E-state index in [0.29, 0.717) is 12.0 Å². The van der Waals surface area contributed by atoms with Gasteiger partial charge in [-0.1, -0.05) is 24.6 Å². The molecule has 1 saturated carbocycles. The highest BCUT2D eigenvalue weighted by molar-refractivity contribution is 6.08. The summed E-state index contributed by atoms with van der Waals surface area (Å²) in [5.41, 5.74) is 0. The van der Waals surface area contributed by atoms with Crippen molar-refractivity contribution in [1.82, 2.24) is 0 Å². The number of allylic oxidation sites excluding steroid dienone is 2. The lowest BCUT2D eigenvalue weighted by molar-refractivity contribution is 0.434. The summed E-state index contributed by atoms with van der Waals surface area (Å²) in [4.78, 5) is 0. The Morgan fingerprint density at radius 3 is 3.10 bits per heavy atom. The van der Waals surface area contributed by atoms with Crippen LogP contribution in [0.2, 0.25) is 6.04 Å². The van der Waals surface area contributed by atoms with E-state index in [2.05, 4.69) is 12.2 Å². The molecule has 0 spiro atoms. The van der Waals surface area contributed by atoms with E-state index in [0.717, 1.165) is 18.3 Å². The summed E-state index contributed by atoms with van der Waals surface area (Å²) < 4.78 is 21.9. The maximum atomic E-state index is 7.28. The molecular formula is C9H16Si. The molecular weight excluding hydrogens is 136 g/mol. The average molecular weight is 158 g/mol. The second kappa shape index (κ2) is 2.53. The molecule has 0 nitrogen and oxygen atoms in total. The summed E-state index contributed by atoms with van der Waals surface area (Å²) in [6, 6.07) is 0.536. The monoisotopic (exact) mass is 158 g/mol. The molecule has 1 heteroatoms. The molecule has 2 bridgehead atoms. The lowest BCUT2D eigenvalue weighted by atomic mass is 9.91. The van der Waals surface area contributed by atoms with Crippen LogP contribution in [-0.4, -0.2) is 13.7 Å². The van der Waals surface area contributed by atoms with Gasteiger partial charge in [-0.15, -0.1) is 0 Å². The SMILES string of the molecule is [3H][Si]([3H])([3H])CCC1CC2C=CC1C2. The van der Waals surface area contributed by atoms with E-state index in [9.17, 15) is 0 Å². The maximum Gasteiger partial charge on any atom is 0.00729 e. The van der Waals surface area contributed by atoms with Crippen molar-refractivity contribution in [3.8, 4) is 0 Å². The highest BCUT2D eigenvalue weighted by atomic mass is 28.1. The van der Waals surface area contributed by atoms with Gasteiger partial charge in [0.05, 0.1) is 0 Å². The summed E-state index contributed by atoms with van der Waals surface area (Å²) >= 11 is 0. The van der Waals surface area contributed by atoms with Crippen LogP contribution in [0.5, 0.6) is 0 Å². The first kappa shape index (κ1) is 4.10. The number of hydrogen-bond acceptors (Lipinski definition) is 0. The minimum Gasteiger partial charge on any atom is -0.0851 e. The Labute approximate surface area is 69.8 Å². The van der Waals surface area contributed by atoms with Gasteiger partial charge in [0.15, 0.2) is 0 Å². The molecule has 0 saturated heterocycles. The van der Waals surface area contributed by atoms with E-state index in [-0.39, 0.29) is 0 Å². The molecule has 2 aliphatic rings. The fraction of sp³-hybridized carbons (Fsp3) is 0.778. The summed E-state index contributed by atoms with van der Waals surface area (Å²) in [6.45, 7) is 0. The standard InChI is InChI=1S/C9H16Si/c10-4-3-9-6-7-1-2-8(9)5-7/h1-2,7-9H,3-6H2,10H3/i10T3. The van der Waals surface area contributed by atoms with Gasteiger partial charge in [-0.3, -0.25) is 0 Å². The normalized spacial score (nSPS) is 48.8. The molecule has 0 aromatic carbocycles. The van der Waals surface area contributed by atoms with Gasteiger partial charge in [0.2, 0.25) is 0 Å². The van der Waals surface area contributed by atoms with Gasteiger partial charge in [-0.2, -0.15) is 0 Å². The lowest BCUT2D eigenvalue weighted by Crippen LogP contribution is -2.05. The molecule has 2 rings (SSSR count). The van der Waals surface area contributed by atoms with Crippen LogP contribution in [0.15, 0.2) is 12.2 Å². The summed E-state index contributed by atoms with van der Waals surface area (Å²) in [5, 5.41) is 0. The fourth-order valence-corrected chi connectivity index (χ4v) is 2.78. The summed E-state index contributed by atoms with van der Waals surface area (Å²) in [5.74, 6) is 2.21. The first-order valence-electron chi connectivity index (χ1n) is 5.73. The van der Waals surface area contributed by atoms with Crippen molar-refractivity contribution in [2.24, 2.45) is 17.8 Å². The van der Waals surface area contributed by atoms with Crippen molar-refractivity contribution < 1.29 is 0 Å². The van der Waals surface area contributed by atoms with E-state index >= 15 is 0 Å². The second-order valence-electron chi connectivity index (χ2n) is 3.58. The Morgan fingerprint density at radius 1 is 1.50 bits per heavy atom. The van der Waals surface area contributed by atoms with E-state index in [4.69, 9.17) is 3.70 Å². The first-order valence-corrected chi connectivity index (χ1v) is 4.94. The largest absolute Gasteiger partial charge is 0.0851 e. The van der Waals surface area contributed by atoms with Crippen LogP contribution in [0.25, 0.3) is 0 Å². The lowest BCUT2D eigenvalue weighted by Gasteiger charge is -2.16. The zero-order valence-electron chi connectivity index (χ0n) is 9.22. The minimum atomic E-state index is -3.03. The molecule has 0 aliphatic heterocycles. The van der Waals surface area contributed by atoms with Crippen LogP contribution in [0.3, 0.4) is 0 Å². The Kier molecular flexibility index (Phi) is 1.04. The van der Waals surface area contributed by atoms with Crippen LogP contribution < -0.4 is 0 Å².